The van der Waals surface area contributed by atoms with Gasteiger partial charge in [-0.3, -0.25) is 0 Å². The predicted octanol–water partition coefficient (Wildman–Crippen LogP) is 5.37. The molecule has 9 nitrogen and oxygen atoms in total. The first kappa shape index (κ1) is 27.0. The molecule has 0 saturated carbocycles. The van der Waals surface area contributed by atoms with Crippen LogP contribution in [0.1, 0.15) is 19.4 Å². The highest BCUT2D eigenvalue weighted by atomic mass is 35.5. The van der Waals surface area contributed by atoms with Crippen molar-refractivity contribution in [3.8, 4) is 17.2 Å². The van der Waals surface area contributed by atoms with Crippen LogP contribution >= 0.6 is 11.6 Å². The third kappa shape index (κ3) is 5.59. The van der Waals surface area contributed by atoms with Crippen molar-refractivity contribution in [2.45, 2.75) is 18.7 Å². The number of sulfonamides is 1. The zero-order valence-electron chi connectivity index (χ0n) is 21.7. The highest BCUT2D eigenvalue weighted by Gasteiger charge is 2.28. The van der Waals surface area contributed by atoms with E-state index in [1.165, 1.54) is 28.6 Å². The standard InChI is InChI=1S/C28H29ClN4O5S/c1-3-33(4-2)39(35,36)22-12-10-21(11-13-22)37-28(34)32-17-15-31(16-18-32)27-23-7-5-6-8-25(23)38-26-14-9-20(29)19-24(26)30-27/h5-14,19H,3-4,15-18H2,1-2H3. The zero-order chi connectivity index (χ0) is 27.6. The topological polar surface area (TPSA) is 91.8 Å². The molecule has 1 fully saturated rings. The molecule has 1 amide bonds. The molecule has 0 aromatic heterocycles. The summed E-state index contributed by atoms with van der Waals surface area (Å²) in [5.74, 6) is 2.36. The number of carbonyl (C=O) groups is 1. The second kappa shape index (κ2) is 11.3. The number of piperazine rings is 1. The highest BCUT2D eigenvalue weighted by molar-refractivity contribution is 7.89. The average Bonchev–Trinajstić information content (AvgIpc) is 3.10. The van der Waals surface area contributed by atoms with E-state index in [4.69, 9.17) is 26.1 Å². The van der Waals surface area contributed by atoms with E-state index in [0.29, 0.717) is 61.5 Å². The molecule has 0 spiro atoms. The molecule has 2 aliphatic heterocycles. The lowest BCUT2D eigenvalue weighted by Crippen LogP contribution is -2.51. The number of halogens is 1. The minimum Gasteiger partial charge on any atom is -0.454 e. The number of carbonyl (C=O) groups excluding carboxylic acids is 1. The molecule has 0 radical (unpaired) electrons. The van der Waals surface area contributed by atoms with Crippen LogP contribution < -0.4 is 9.47 Å². The molecule has 2 heterocycles. The summed E-state index contributed by atoms with van der Waals surface area (Å²) in [7, 11) is -3.58. The number of aliphatic imine (C=N–C) groups is 1. The first-order valence-corrected chi connectivity index (χ1v) is 14.6. The molecule has 0 unspecified atom stereocenters. The Bertz CT molecular complexity index is 1500. The minimum absolute atomic E-state index is 0.163. The van der Waals surface area contributed by atoms with Crippen molar-refractivity contribution in [3.05, 3.63) is 77.3 Å². The van der Waals surface area contributed by atoms with Crippen LogP contribution in [0.3, 0.4) is 0 Å². The van der Waals surface area contributed by atoms with E-state index in [-0.39, 0.29) is 10.6 Å². The summed E-state index contributed by atoms with van der Waals surface area (Å²) in [5, 5.41) is 0.567. The minimum atomic E-state index is -3.58. The Kier molecular flexibility index (Phi) is 7.79. The lowest BCUT2D eigenvalue weighted by Gasteiger charge is -2.36. The third-order valence-corrected chi connectivity index (χ3v) is 9.00. The fourth-order valence-electron chi connectivity index (χ4n) is 4.60. The van der Waals surface area contributed by atoms with Crippen molar-refractivity contribution in [3.63, 3.8) is 0 Å². The molecular formula is C28H29ClN4O5S. The molecule has 3 aromatic rings. The highest BCUT2D eigenvalue weighted by Crippen LogP contribution is 2.39. The maximum absolute atomic E-state index is 12.9. The van der Waals surface area contributed by atoms with Gasteiger partial charge < -0.3 is 19.3 Å². The number of amides is 1. The Morgan fingerprint density at radius 3 is 2.36 bits per heavy atom. The Hall–Kier alpha value is -3.60. The number of benzene rings is 3. The average molecular weight is 569 g/mol. The van der Waals surface area contributed by atoms with E-state index in [0.717, 1.165) is 11.4 Å². The van der Waals surface area contributed by atoms with Crippen molar-refractivity contribution in [1.29, 1.82) is 0 Å². The first-order chi connectivity index (χ1) is 18.8. The molecule has 204 valence electrons. The van der Waals surface area contributed by atoms with Gasteiger partial charge in [-0.1, -0.05) is 37.6 Å². The quantitative estimate of drug-likeness (QED) is 0.411. The predicted molar refractivity (Wildman–Crippen MR) is 150 cm³/mol. The Morgan fingerprint density at radius 2 is 1.67 bits per heavy atom. The molecular weight excluding hydrogens is 540 g/mol. The largest absolute Gasteiger partial charge is 0.454 e. The molecule has 0 aliphatic carbocycles. The normalized spacial score (nSPS) is 15.1. The van der Waals surface area contributed by atoms with Gasteiger partial charge >= 0.3 is 6.09 Å². The summed E-state index contributed by atoms with van der Waals surface area (Å²) in [6.45, 7) is 6.29. The van der Waals surface area contributed by atoms with E-state index < -0.39 is 16.1 Å². The Balaban J connectivity index is 1.27. The van der Waals surface area contributed by atoms with Gasteiger partial charge in [-0.05, 0) is 54.6 Å². The van der Waals surface area contributed by atoms with E-state index >= 15 is 0 Å². The van der Waals surface area contributed by atoms with Crippen LogP contribution in [0.15, 0.2) is 76.6 Å². The lowest BCUT2D eigenvalue weighted by atomic mass is 10.1. The number of ether oxygens (including phenoxy) is 2. The van der Waals surface area contributed by atoms with Crippen molar-refractivity contribution in [2.75, 3.05) is 39.3 Å². The molecule has 0 atom stereocenters. The van der Waals surface area contributed by atoms with Gasteiger partial charge in [-0.2, -0.15) is 4.31 Å². The fraction of sp³-hybridized carbons (Fsp3) is 0.286. The van der Waals surface area contributed by atoms with Crippen LogP contribution in [-0.4, -0.2) is 73.7 Å². The summed E-state index contributed by atoms with van der Waals surface area (Å²) in [5.41, 5.74) is 1.50. The number of fused-ring (bicyclic) bond motifs is 2. The third-order valence-electron chi connectivity index (χ3n) is 6.70. The molecule has 11 heteroatoms. The van der Waals surface area contributed by atoms with Crippen LogP contribution in [0, 0.1) is 0 Å². The van der Waals surface area contributed by atoms with Gasteiger partial charge in [0.15, 0.2) is 5.75 Å². The Morgan fingerprint density at radius 1 is 0.974 bits per heavy atom. The summed E-state index contributed by atoms with van der Waals surface area (Å²) in [4.78, 5) is 21.7. The second-order valence-corrected chi connectivity index (χ2v) is 11.4. The molecule has 0 N–H and O–H groups in total. The molecule has 2 aliphatic rings. The van der Waals surface area contributed by atoms with Crippen LogP contribution in [0.2, 0.25) is 5.02 Å². The van der Waals surface area contributed by atoms with Crippen LogP contribution in [0.5, 0.6) is 17.2 Å². The van der Waals surface area contributed by atoms with Gasteiger partial charge in [0.1, 0.15) is 23.0 Å². The number of rotatable bonds is 5. The monoisotopic (exact) mass is 568 g/mol. The van der Waals surface area contributed by atoms with Gasteiger partial charge in [0.25, 0.3) is 0 Å². The van der Waals surface area contributed by atoms with Crippen molar-refractivity contribution < 1.29 is 22.7 Å². The van der Waals surface area contributed by atoms with Gasteiger partial charge in [0.05, 0.1) is 10.5 Å². The van der Waals surface area contributed by atoms with Crippen molar-refractivity contribution >= 4 is 39.2 Å². The summed E-state index contributed by atoms with van der Waals surface area (Å²) >= 11 is 6.22. The van der Waals surface area contributed by atoms with Gasteiger partial charge in [0, 0.05) is 44.3 Å². The number of hydrogen-bond donors (Lipinski definition) is 0. The van der Waals surface area contributed by atoms with E-state index in [9.17, 15) is 13.2 Å². The van der Waals surface area contributed by atoms with Crippen LogP contribution in [0.4, 0.5) is 10.5 Å². The van der Waals surface area contributed by atoms with Gasteiger partial charge in [0.2, 0.25) is 10.0 Å². The Labute approximate surface area is 233 Å². The molecule has 3 aromatic carbocycles. The summed E-state index contributed by atoms with van der Waals surface area (Å²) < 4.78 is 38.5. The number of amidine groups is 1. The van der Waals surface area contributed by atoms with Crippen molar-refractivity contribution in [2.24, 2.45) is 4.99 Å². The molecule has 0 bridgehead atoms. The lowest BCUT2D eigenvalue weighted by molar-refractivity contribution is 0.130. The number of hydrogen-bond acceptors (Lipinski definition) is 7. The van der Waals surface area contributed by atoms with E-state index in [1.54, 1.807) is 36.9 Å². The van der Waals surface area contributed by atoms with Crippen LogP contribution in [0.25, 0.3) is 0 Å². The van der Waals surface area contributed by atoms with Gasteiger partial charge in [-0.25, -0.2) is 18.2 Å². The number of para-hydroxylation sites is 1. The second-order valence-electron chi connectivity index (χ2n) is 9.05. The smallest absolute Gasteiger partial charge is 0.415 e. The molecule has 5 rings (SSSR count). The van der Waals surface area contributed by atoms with Crippen molar-refractivity contribution in [1.82, 2.24) is 14.1 Å². The maximum Gasteiger partial charge on any atom is 0.415 e. The summed E-state index contributed by atoms with van der Waals surface area (Å²) in [6, 6.07) is 19.0. The summed E-state index contributed by atoms with van der Waals surface area (Å²) in [6.07, 6.45) is -0.488. The maximum atomic E-state index is 12.9. The molecule has 39 heavy (non-hydrogen) atoms. The van der Waals surface area contributed by atoms with Gasteiger partial charge in [-0.15, -0.1) is 0 Å². The van der Waals surface area contributed by atoms with E-state index in [1.807, 2.05) is 24.3 Å². The fourth-order valence-corrected chi connectivity index (χ4v) is 6.22. The SMILES string of the molecule is CCN(CC)S(=O)(=O)c1ccc(OC(=O)N2CCN(C3=Nc4cc(Cl)ccc4Oc4ccccc43)CC2)cc1. The zero-order valence-corrected chi connectivity index (χ0v) is 23.3. The van der Waals surface area contributed by atoms with Crippen LogP contribution in [-0.2, 0) is 10.0 Å². The number of nitrogens with zero attached hydrogens (tertiary/aromatic N) is 4. The van der Waals surface area contributed by atoms with E-state index in [2.05, 4.69) is 4.90 Å². The first-order valence-electron chi connectivity index (χ1n) is 12.8. The molecule has 1 saturated heterocycles.